The molecule has 0 radical (unpaired) electrons. The van der Waals surface area contributed by atoms with Crippen LogP contribution in [0.2, 0.25) is 0 Å². The molecule has 14 heavy (non-hydrogen) atoms. The van der Waals surface area contributed by atoms with Crippen molar-refractivity contribution >= 4 is 31.9 Å². The van der Waals surface area contributed by atoms with Crippen LogP contribution in [-0.4, -0.2) is 20.7 Å². The first-order valence-corrected chi connectivity index (χ1v) is 5.94. The second kappa shape index (κ2) is 5.73. The molecule has 0 fully saturated rings. The van der Waals surface area contributed by atoms with Crippen molar-refractivity contribution in [2.75, 3.05) is 20.7 Å². The van der Waals surface area contributed by atoms with Gasteiger partial charge in [0.2, 0.25) is 0 Å². The van der Waals surface area contributed by atoms with Gasteiger partial charge in [0.1, 0.15) is 5.75 Å². The normalized spacial score (nSPS) is 10.3. The highest BCUT2D eigenvalue weighted by atomic mass is 79.9. The number of ether oxygens (including phenoxy) is 1. The molecule has 1 aromatic carbocycles. The predicted octanol–water partition coefficient (Wildman–Crippen LogP) is 2.98. The van der Waals surface area contributed by atoms with Crippen LogP contribution in [-0.2, 0) is 6.42 Å². The van der Waals surface area contributed by atoms with Gasteiger partial charge in [0.05, 0.1) is 11.6 Å². The first kappa shape index (κ1) is 12.0. The molecule has 0 amide bonds. The lowest BCUT2D eigenvalue weighted by molar-refractivity contribution is 0.411. The fourth-order valence-corrected chi connectivity index (χ4v) is 2.71. The van der Waals surface area contributed by atoms with Crippen LogP contribution in [0.1, 0.15) is 5.56 Å². The lowest BCUT2D eigenvalue weighted by Gasteiger charge is -2.10. The number of nitrogens with one attached hydrogen (secondary N) is 1. The summed E-state index contributed by atoms with van der Waals surface area (Å²) in [6, 6.07) is 3.95. The number of hydrogen-bond acceptors (Lipinski definition) is 2. The fourth-order valence-electron chi connectivity index (χ4n) is 1.21. The van der Waals surface area contributed by atoms with Gasteiger partial charge < -0.3 is 10.1 Å². The minimum absolute atomic E-state index is 0.874. The molecule has 0 aliphatic carbocycles. The second-order valence-electron chi connectivity index (χ2n) is 2.90. The molecule has 0 unspecified atom stereocenters. The van der Waals surface area contributed by atoms with Gasteiger partial charge in [-0.05, 0) is 53.6 Å². The summed E-state index contributed by atoms with van der Waals surface area (Å²) in [6.07, 6.45) is 0.967. The van der Waals surface area contributed by atoms with Crippen molar-refractivity contribution < 1.29 is 4.74 Å². The van der Waals surface area contributed by atoms with Gasteiger partial charge in [-0.1, -0.05) is 15.9 Å². The molecule has 0 saturated carbocycles. The molecule has 4 heteroatoms. The molecule has 1 rings (SSSR count). The number of halogens is 2. The Kier molecular flexibility index (Phi) is 4.92. The first-order valence-electron chi connectivity index (χ1n) is 4.36. The van der Waals surface area contributed by atoms with Gasteiger partial charge in [-0.15, -0.1) is 0 Å². The van der Waals surface area contributed by atoms with Crippen LogP contribution in [0.3, 0.4) is 0 Å². The van der Waals surface area contributed by atoms with Crippen molar-refractivity contribution in [3.8, 4) is 5.75 Å². The van der Waals surface area contributed by atoms with Gasteiger partial charge in [0.15, 0.2) is 0 Å². The molecule has 0 spiro atoms. The Morgan fingerprint density at radius 2 is 2.07 bits per heavy atom. The number of hydrogen-bond donors (Lipinski definition) is 1. The maximum atomic E-state index is 5.23. The van der Waals surface area contributed by atoms with E-state index >= 15 is 0 Å². The van der Waals surface area contributed by atoms with Crippen LogP contribution < -0.4 is 10.1 Å². The van der Waals surface area contributed by atoms with Gasteiger partial charge in [0, 0.05) is 4.47 Å². The topological polar surface area (TPSA) is 21.3 Å². The summed E-state index contributed by atoms with van der Waals surface area (Å²) >= 11 is 7.07. The Balaban J connectivity index is 2.99. The molecule has 1 N–H and O–H groups in total. The highest BCUT2D eigenvalue weighted by molar-refractivity contribution is 9.11. The molecule has 78 valence electrons. The summed E-state index contributed by atoms with van der Waals surface area (Å²) in [6.45, 7) is 0.949. The van der Waals surface area contributed by atoms with Crippen molar-refractivity contribution in [3.05, 3.63) is 26.6 Å². The van der Waals surface area contributed by atoms with Crippen LogP contribution in [0.5, 0.6) is 5.75 Å². The average molecular weight is 323 g/mol. The van der Waals surface area contributed by atoms with E-state index in [1.165, 1.54) is 5.56 Å². The zero-order chi connectivity index (χ0) is 10.6. The van der Waals surface area contributed by atoms with Crippen molar-refractivity contribution in [1.82, 2.24) is 5.32 Å². The standard InChI is InChI=1S/C10H13Br2NO/c1-13-6-5-7-8(11)3-4-9(14-2)10(7)12/h3-4,13H,5-6H2,1-2H3. The largest absolute Gasteiger partial charge is 0.496 e. The number of methoxy groups -OCH3 is 1. The van der Waals surface area contributed by atoms with E-state index in [-0.39, 0.29) is 0 Å². The first-order chi connectivity index (χ1) is 6.70. The summed E-state index contributed by atoms with van der Waals surface area (Å²) in [7, 11) is 3.62. The molecule has 2 nitrogen and oxygen atoms in total. The quantitative estimate of drug-likeness (QED) is 0.920. The van der Waals surface area contributed by atoms with E-state index in [1.54, 1.807) is 7.11 Å². The zero-order valence-electron chi connectivity index (χ0n) is 8.23. The van der Waals surface area contributed by atoms with Crippen molar-refractivity contribution in [1.29, 1.82) is 0 Å². The third-order valence-corrected chi connectivity index (χ3v) is 3.61. The lowest BCUT2D eigenvalue weighted by atomic mass is 10.1. The highest BCUT2D eigenvalue weighted by Crippen LogP contribution is 2.33. The Morgan fingerprint density at radius 3 is 2.64 bits per heavy atom. The third-order valence-electron chi connectivity index (χ3n) is 2.00. The zero-order valence-corrected chi connectivity index (χ0v) is 11.4. The van der Waals surface area contributed by atoms with Crippen LogP contribution in [0.4, 0.5) is 0 Å². The average Bonchev–Trinajstić information content (AvgIpc) is 2.18. The maximum absolute atomic E-state index is 5.23. The summed E-state index contributed by atoms with van der Waals surface area (Å²) < 4.78 is 7.38. The molecule has 0 bridgehead atoms. The monoisotopic (exact) mass is 321 g/mol. The van der Waals surface area contributed by atoms with Crippen LogP contribution in [0.15, 0.2) is 21.1 Å². The maximum Gasteiger partial charge on any atom is 0.133 e. The number of benzene rings is 1. The molecule has 1 aromatic rings. The van der Waals surface area contributed by atoms with E-state index in [4.69, 9.17) is 4.74 Å². The van der Waals surface area contributed by atoms with E-state index in [0.717, 1.165) is 27.7 Å². The van der Waals surface area contributed by atoms with Crippen molar-refractivity contribution in [3.63, 3.8) is 0 Å². The summed E-state index contributed by atoms with van der Waals surface area (Å²) in [5.41, 5.74) is 1.23. The number of rotatable bonds is 4. The fraction of sp³-hybridized carbons (Fsp3) is 0.400. The van der Waals surface area contributed by atoms with E-state index < -0.39 is 0 Å². The Hall–Kier alpha value is -0.0600. The van der Waals surface area contributed by atoms with E-state index in [1.807, 2.05) is 19.2 Å². The minimum atomic E-state index is 0.874. The van der Waals surface area contributed by atoms with Gasteiger partial charge >= 0.3 is 0 Å². The smallest absolute Gasteiger partial charge is 0.133 e. The molecule has 0 atom stereocenters. The molecule has 0 aromatic heterocycles. The van der Waals surface area contributed by atoms with Crippen LogP contribution in [0.25, 0.3) is 0 Å². The summed E-state index contributed by atoms with van der Waals surface area (Å²) in [5, 5.41) is 3.13. The van der Waals surface area contributed by atoms with Gasteiger partial charge in [-0.2, -0.15) is 0 Å². The summed E-state index contributed by atoms with van der Waals surface area (Å²) in [4.78, 5) is 0. The van der Waals surface area contributed by atoms with Crippen LogP contribution in [0, 0.1) is 0 Å². The van der Waals surface area contributed by atoms with E-state index in [0.29, 0.717) is 0 Å². The van der Waals surface area contributed by atoms with E-state index in [2.05, 4.69) is 37.2 Å². The second-order valence-corrected chi connectivity index (χ2v) is 4.54. The van der Waals surface area contributed by atoms with Gasteiger partial charge in [0.25, 0.3) is 0 Å². The van der Waals surface area contributed by atoms with Gasteiger partial charge in [-0.25, -0.2) is 0 Å². The highest BCUT2D eigenvalue weighted by Gasteiger charge is 2.09. The van der Waals surface area contributed by atoms with Crippen molar-refractivity contribution in [2.45, 2.75) is 6.42 Å². The Morgan fingerprint density at radius 1 is 1.36 bits per heavy atom. The predicted molar refractivity (Wildman–Crippen MR) is 66.0 cm³/mol. The Labute approximate surface area is 101 Å². The molecule has 0 heterocycles. The molecular weight excluding hydrogens is 310 g/mol. The Bertz CT molecular complexity index is 315. The molecule has 0 saturated heterocycles. The summed E-state index contributed by atoms with van der Waals surface area (Å²) in [5.74, 6) is 0.874. The van der Waals surface area contributed by atoms with E-state index in [9.17, 15) is 0 Å². The molecule has 0 aliphatic rings. The molecular formula is C10H13Br2NO. The minimum Gasteiger partial charge on any atom is -0.496 e. The SMILES string of the molecule is CNCCc1c(Br)ccc(OC)c1Br. The van der Waals surface area contributed by atoms with Crippen molar-refractivity contribution in [2.24, 2.45) is 0 Å². The van der Waals surface area contributed by atoms with Gasteiger partial charge in [-0.3, -0.25) is 0 Å². The number of likely N-dealkylation sites (N-methyl/N-ethyl adjacent to an activating group) is 1. The lowest BCUT2D eigenvalue weighted by Crippen LogP contribution is -2.11. The molecule has 0 aliphatic heterocycles. The van der Waals surface area contributed by atoms with Crippen LogP contribution >= 0.6 is 31.9 Å². The third kappa shape index (κ3) is 2.72.